The molecule has 0 aromatic heterocycles. The van der Waals surface area contributed by atoms with Gasteiger partial charge in [-0.3, -0.25) is 0 Å². The highest BCUT2D eigenvalue weighted by Crippen LogP contribution is 2.24. The fourth-order valence-electron chi connectivity index (χ4n) is 1.68. The van der Waals surface area contributed by atoms with Crippen molar-refractivity contribution in [3.05, 3.63) is 29.6 Å². The largest absolute Gasteiger partial charge is 0.490 e. The minimum absolute atomic E-state index is 0.0559. The second kappa shape index (κ2) is 8.38. The van der Waals surface area contributed by atoms with Gasteiger partial charge in [0, 0.05) is 6.04 Å². The molecule has 0 amide bonds. The molecule has 4 heteroatoms. The van der Waals surface area contributed by atoms with Crippen LogP contribution in [-0.4, -0.2) is 24.7 Å². The molecule has 0 fully saturated rings. The third kappa shape index (κ3) is 4.86. The van der Waals surface area contributed by atoms with Crippen LogP contribution in [0, 0.1) is 5.82 Å². The number of thioether (sulfide) groups is 1. The summed E-state index contributed by atoms with van der Waals surface area (Å²) in [5, 5.41) is 0. The number of para-hydroxylation sites is 1. The Labute approximate surface area is 113 Å². The number of nitrogens with two attached hydrogens (primary N) is 1. The maximum absolute atomic E-state index is 13.7. The number of ether oxygens (including phenoxy) is 1. The van der Waals surface area contributed by atoms with Gasteiger partial charge in [-0.2, -0.15) is 11.8 Å². The predicted octanol–water partition coefficient (Wildman–Crippen LogP) is 3.24. The Hall–Kier alpha value is -0.740. The van der Waals surface area contributed by atoms with Crippen LogP contribution in [-0.2, 0) is 6.42 Å². The first kappa shape index (κ1) is 15.3. The third-order valence-electron chi connectivity index (χ3n) is 2.79. The molecule has 0 saturated heterocycles. The lowest BCUT2D eigenvalue weighted by Gasteiger charge is -2.15. The van der Waals surface area contributed by atoms with Gasteiger partial charge in [-0.05, 0) is 42.9 Å². The summed E-state index contributed by atoms with van der Waals surface area (Å²) in [6.45, 7) is 2.58. The number of benzene rings is 1. The van der Waals surface area contributed by atoms with Crippen LogP contribution in [0.2, 0.25) is 0 Å². The zero-order valence-corrected chi connectivity index (χ0v) is 11.9. The highest BCUT2D eigenvalue weighted by molar-refractivity contribution is 7.98. The van der Waals surface area contributed by atoms with E-state index in [0.717, 1.165) is 24.2 Å². The molecule has 0 spiro atoms. The van der Waals surface area contributed by atoms with Gasteiger partial charge in [-0.25, -0.2) is 4.39 Å². The van der Waals surface area contributed by atoms with E-state index >= 15 is 0 Å². The van der Waals surface area contributed by atoms with Crippen molar-refractivity contribution in [3.63, 3.8) is 0 Å². The molecule has 0 radical (unpaired) electrons. The van der Waals surface area contributed by atoms with E-state index in [1.165, 1.54) is 6.07 Å². The molecule has 1 atom stereocenters. The Morgan fingerprint density at radius 2 is 2.22 bits per heavy atom. The van der Waals surface area contributed by atoms with Crippen LogP contribution in [0.15, 0.2) is 18.2 Å². The Bertz CT molecular complexity index is 360. The lowest BCUT2D eigenvalue weighted by Crippen LogP contribution is -2.22. The average Bonchev–Trinajstić information content (AvgIpc) is 2.37. The van der Waals surface area contributed by atoms with Crippen LogP contribution >= 0.6 is 11.8 Å². The summed E-state index contributed by atoms with van der Waals surface area (Å²) in [6.07, 6.45) is 4.51. The lowest BCUT2D eigenvalue weighted by molar-refractivity contribution is 0.298. The molecule has 2 nitrogen and oxygen atoms in total. The fourth-order valence-corrected chi connectivity index (χ4v) is 2.09. The molecule has 1 unspecified atom stereocenters. The maximum Gasteiger partial charge on any atom is 0.165 e. The van der Waals surface area contributed by atoms with Crippen molar-refractivity contribution in [2.75, 3.05) is 18.6 Å². The smallest absolute Gasteiger partial charge is 0.165 e. The highest BCUT2D eigenvalue weighted by Gasteiger charge is 2.12. The van der Waals surface area contributed by atoms with E-state index in [9.17, 15) is 4.39 Å². The molecular formula is C14H22FNOS. The summed E-state index contributed by atoms with van der Waals surface area (Å²) >= 11 is 1.77. The third-order valence-corrected chi connectivity index (χ3v) is 3.49. The van der Waals surface area contributed by atoms with E-state index < -0.39 is 0 Å². The van der Waals surface area contributed by atoms with Gasteiger partial charge in [0.2, 0.25) is 0 Å². The maximum atomic E-state index is 13.7. The second-order valence-corrected chi connectivity index (χ2v) is 5.28. The first-order valence-electron chi connectivity index (χ1n) is 6.33. The molecule has 0 heterocycles. The Morgan fingerprint density at radius 3 is 2.89 bits per heavy atom. The number of hydrogen-bond donors (Lipinski definition) is 1. The average molecular weight is 271 g/mol. The normalized spacial score (nSPS) is 12.4. The van der Waals surface area contributed by atoms with Crippen molar-refractivity contribution in [1.29, 1.82) is 0 Å². The van der Waals surface area contributed by atoms with Crippen LogP contribution in [0.25, 0.3) is 0 Å². The summed E-state index contributed by atoms with van der Waals surface area (Å²) in [4.78, 5) is 0. The van der Waals surface area contributed by atoms with Crippen molar-refractivity contribution in [1.82, 2.24) is 0 Å². The molecule has 0 aliphatic rings. The van der Waals surface area contributed by atoms with Gasteiger partial charge in [-0.15, -0.1) is 0 Å². The molecule has 1 rings (SSSR count). The zero-order valence-electron chi connectivity index (χ0n) is 11.1. The topological polar surface area (TPSA) is 35.2 Å². The highest BCUT2D eigenvalue weighted by atomic mass is 32.2. The molecule has 1 aromatic carbocycles. The summed E-state index contributed by atoms with van der Waals surface area (Å²) in [6, 6.07) is 5.09. The van der Waals surface area contributed by atoms with Gasteiger partial charge in [0.15, 0.2) is 11.6 Å². The van der Waals surface area contributed by atoms with Gasteiger partial charge in [0.25, 0.3) is 0 Å². The Kier molecular flexibility index (Phi) is 7.13. The molecular weight excluding hydrogens is 249 g/mol. The summed E-state index contributed by atoms with van der Waals surface area (Å²) in [5.74, 6) is 1.11. The SMILES string of the molecule is CCC(N)Cc1cccc(F)c1OCCCSC. The van der Waals surface area contributed by atoms with Gasteiger partial charge < -0.3 is 10.5 Å². The second-order valence-electron chi connectivity index (χ2n) is 4.30. The minimum atomic E-state index is -0.292. The standard InChI is InChI=1S/C14H22FNOS/c1-3-12(16)10-11-6-4-7-13(15)14(11)17-8-5-9-18-2/h4,6-7,12H,3,5,8-10,16H2,1-2H3. The van der Waals surface area contributed by atoms with Gasteiger partial charge in [0.05, 0.1) is 6.61 Å². The van der Waals surface area contributed by atoms with Crippen LogP contribution < -0.4 is 10.5 Å². The van der Waals surface area contributed by atoms with Crippen molar-refractivity contribution in [2.24, 2.45) is 5.73 Å². The van der Waals surface area contributed by atoms with E-state index in [1.54, 1.807) is 17.8 Å². The summed E-state index contributed by atoms with van der Waals surface area (Å²) < 4.78 is 19.3. The predicted molar refractivity (Wildman–Crippen MR) is 76.9 cm³/mol. The molecule has 18 heavy (non-hydrogen) atoms. The minimum Gasteiger partial charge on any atom is -0.490 e. The van der Waals surface area contributed by atoms with Gasteiger partial charge >= 0.3 is 0 Å². The van der Waals surface area contributed by atoms with Crippen LogP contribution in [0.1, 0.15) is 25.3 Å². The quantitative estimate of drug-likeness (QED) is 0.737. The van der Waals surface area contributed by atoms with E-state index in [2.05, 4.69) is 6.26 Å². The number of halogens is 1. The van der Waals surface area contributed by atoms with Gasteiger partial charge in [-0.1, -0.05) is 19.1 Å². The van der Waals surface area contributed by atoms with E-state index in [0.29, 0.717) is 18.8 Å². The monoisotopic (exact) mass is 271 g/mol. The molecule has 0 aliphatic heterocycles. The zero-order chi connectivity index (χ0) is 13.4. The van der Waals surface area contributed by atoms with Gasteiger partial charge in [0.1, 0.15) is 0 Å². The van der Waals surface area contributed by atoms with Crippen molar-refractivity contribution < 1.29 is 9.13 Å². The Balaban J connectivity index is 2.67. The van der Waals surface area contributed by atoms with Crippen LogP contribution in [0.3, 0.4) is 0 Å². The van der Waals surface area contributed by atoms with Crippen molar-refractivity contribution >= 4 is 11.8 Å². The Morgan fingerprint density at radius 1 is 1.44 bits per heavy atom. The first-order valence-corrected chi connectivity index (χ1v) is 7.73. The van der Waals surface area contributed by atoms with Crippen molar-refractivity contribution in [2.45, 2.75) is 32.2 Å². The van der Waals surface area contributed by atoms with E-state index in [1.807, 2.05) is 13.0 Å². The molecule has 0 bridgehead atoms. The number of rotatable bonds is 8. The lowest BCUT2D eigenvalue weighted by atomic mass is 10.0. The molecule has 0 aliphatic carbocycles. The fraction of sp³-hybridized carbons (Fsp3) is 0.571. The summed E-state index contributed by atoms with van der Waals surface area (Å²) in [5.41, 5.74) is 6.79. The van der Waals surface area contributed by atoms with Crippen molar-refractivity contribution in [3.8, 4) is 5.75 Å². The van der Waals surface area contributed by atoms with E-state index in [4.69, 9.17) is 10.5 Å². The molecule has 102 valence electrons. The van der Waals surface area contributed by atoms with Crippen LogP contribution in [0.4, 0.5) is 4.39 Å². The summed E-state index contributed by atoms with van der Waals surface area (Å²) in [7, 11) is 0. The first-order chi connectivity index (χ1) is 8.69. The van der Waals surface area contributed by atoms with Crippen LogP contribution in [0.5, 0.6) is 5.75 Å². The number of hydrogen-bond acceptors (Lipinski definition) is 3. The molecule has 0 saturated carbocycles. The molecule has 1 aromatic rings. The van der Waals surface area contributed by atoms with E-state index in [-0.39, 0.29) is 11.9 Å². The molecule has 2 N–H and O–H groups in total.